The molecule has 4 nitrogen and oxygen atoms in total. The minimum Gasteiger partial charge on any atom is -0.493 e. The third-order valence-electron chi connectivity index (χ3n) is 5.20. The smallest absolute Gasteiger partial charge is 0.161 e. The molecule has 0 radical (unpaired) electrons. The van der Waals surface area contributed by atoms with E-state index in [-0.39, 0.29) is 17.9 Å². The summed E-state index contributed by atoms with van der Waals surface area (Å²) in [4.78, 5) is 2.38. The number of benzene rings is 2. The lowest BCUT2D eigenvalue weighted by Crippen LogP contribution is -2.44. The van der Waals surface area contributed by atoms with Gasteiger partial charge < -0.3 is 15.2 Å². The normalized spacial score (nSPS) is 18.3. The summed E-state index contributed by atoms with van der Waals surface area (Å²) in [5.41, 5.74) is 10.1. The maximum Gasteiger partial charge on any atom is 0.161 e. The molecule has 0 bridgehead atoms. The van der Waals surface area contributed by atoms with E-state index < -0.39 is 0 Å². The molecule has 0 saturated carbocycles. The molecule has 26 heavy (non-hydrogen) atoms. The number of ether oxygens (including phenoxy) is 2. The number of nitrogens with zero attached hydrogens (tertiary/aromatic N) is 1. The van der Waals surface area contributed by atoms with Gasteiger partial charge in [0.25, 0.3) is 0 Å². The van der Waals surface area contributed by atoms with Crippen LogP contribution in [0.4, 0.5) is 4.39 Å². The number of halogens is 1. The molecule has 0 saturated heterocycles. The average Bonchev–Trinajstić information content (AvgIpc) is 2.67. The molecule has 2 aromatic rings. The van der Waals surface area contributed by atoms with Crippen molar-refractivity contribution in [2.45, 2.75) is 38.4 Å². The van der Waals surface area contributed by atoms with Crippen molar-refractivity contribution < 1.29 is 13.9 Å². The summed E-state index contributed by atoms with van der Waals surface area (Å²) in [6.07, 6.45) is 1.79. The average molecular weight is 358 g/mol. The first-order valence-corrected chi connectivity index (χ1v) is 9.06. The van der Waals surface area contributed by atoms with E-state index in [0.29, 0.717) is 0 Å². The van der Waals surface area contributed by atoms with Gasteiger partial charge in [0.2, 0.25) is 0 Å². The van der Waals surface area contributed by atoms with E-state index in [1.807, 2.05) is 12.1 Å². The summed E-state index contributed by atoms with van der Waals surface area (Å²) >= 11 is 0. The lowest BCUT2D eigenvalue weighted by molar-refractivity contribution is 0.148. The molecule has 1 aliphatic heterocycles. The number of hydrogen-bond acceptors (Lipinski definition) is 4. The number of fused-ring (bicyclic) bond motifs is 1. The molecule has 2 N–H and O–H groups in total. The topological polar surface area (TPSA) is 47.7 Å². The molecule has 1 aliphatic rings. The SMILES string of the molecule is CC[C@H](N)[C@@H]1c2cc(OC)c(OC)cc2CCN1Cc1ccc(F)cc1. The Bertz CT molecular complexity index is 748. The van der Waals surface area contributed by atoms with Crippen molar-refractivity contribution in [3.05, 3.63) is 58.9 Å². The van der Waals surface area contributed by atoms with Crippen molar-refractivity contribution in [3.63, 3.8) is 0 Å². The van der Waals surface area contributed by atoms with Crippen molar-refractivity contribution in [2.24, 2.45) is 5.73 Å². The fourth-order valence-corrected chi connectivity index (χ4v) is 3.75. The standard InChI is InChI=1S/C21H27FN2O2/c1-4-18(23)21-17-12-20(26-3)19(25-2)11-15(17)9-10-24(21)13-14-5-7-16(22)8-6-14/h5-8,11-12,18,21H,4,9-10,13,23H2,1-3H3/t18-,21-/m0/s1. The van der Waals surface area contributed by atoms with Gasteiger partial charge in [-0.2, -0.15) is 0 Å². The molecular formula is C21H27FN2O2. The summed E-state index contributed by atoms with van der Waals surface area (Å²) in [7, 11) is 3.31. The Balaban J connectivity index is 1.96. The van der Waals surface area contributed by atoms with Gasteiger partial charge in [-0.3, -0.25) is 4.90 Å². The lowest BCUT2D eigenvalue weighted by atomic mass is 9.86. The second-order valence-corrected chi connectivity index (χ2v) is 6.77. The first-order chi connectivity index (χ1) is 12.6. The van der Waals surface area contributed by atoms with Crippen molar-refractivity contribution in [3.8, 4) is 11.5 Å². The Hall–Kier alpha value is -2.11. The van der Waals surface area contributed by atoms with E-state index in [0.717, 1.165) is 43.0 Å². The molecule has 140 valence electrons. The van der Waals surface area contributed by atoms with E-state index in [1.165, 1.54) is 23.3 Å². The number of methoxy groups -OCH3 is 2. The number of rotatable bonds is 6. The van der Waals surface area contributed by atoms with Gasteiger partial charge in [0.05, 0.1) is 20.3 Å². The van der Waals surface area contributed by atoms with E-state index in [9.17, 15) is 4.39 Å². The molecule has 3 rings (SSSR count). The maximum absolute atomic E-state index is 13.2. The molecule has 1 heterocycles. The fourth-order valence-electron chi connectivity index (χ4n) is 3.75. The van der Waals surface area contributed by atoms with E-state index in [1.54, 1.807) is 14.2 Å². The zero-order chi connectivity index (χ0) is 18.7. The van der Waals surface area contributed by atoms with Crippen LogP contribution in [0.15, 0.2) is 36.4 Å². The van der Waals surface area contributed by atoms with Gasteiger partial charge in [-0.05, 0) is 53.8 Å². The molecule has 0 spiro atoms. The van der Waals surface area contributed by atoms with Crippen molar-refractivity contribution in [1.82, 2.24) is 4.90 Å². The van der Waals surface area contributed by atoms with Crippen molar-refractivity contribution in [1.29, 1.82) is 0 Å². The summed E-state index contributed by atoms with van der Waals surface area (Å²) in [5, 5.41) is 0. The Morgan fingerprint density at radius 2 is 1.81 bits per heavy atom. The maximum atomic E-state index is 13.2. The molecular weight excluding hydrogens is 331 g/mol. The number of nitrogens with two attached hydrogens (primary N) is 1. The van der Waals surface area contributed by atoms with E-state index >= 15 is 0 Å². The first-order valence-electron chi connectivity index (χ1n) is 9.06. The highest BCUT2D eigenvalue weighted by Crippen LogP contribution is 2.40. The van der Waals surface area contributed by atoms with Gasteiger partial charge in [0.15, 0.2) is 11.5 Å². The molecule has 0 aromatic heterocycles. The molecule has 5 heteroatoms. The van der Waals surface area contributed by atoms with Crippen LogP contribution in [-0.2, 0) is 13.0 Å². The highest BCUT2D eigenvalue weighted by Gasteiger charge is 2.32. The molecule has 2 atom stereocenters. The van der Waals surface area contributed by atoms with Gasteiger partial charge in [0, 0.05) is 19.1 Å². The molecule has 2 aromatic carbocycles. The van der Waals surface area contributed by atoms with Gasteiger partial charge in [0.1, 0.15) is 5.82 Å². The minimum atomic E-state index is -0.212. The van der Waals surface area contributed by atoms with Crippen molar-refractivity contribution in [2.75, 3.05) is 20.8 Å². The van der Waals surface area contributed by atoms with Crippen LogP contribution >= 0.6 is 0 Å². The first kappa shape index (κ1) is 18.7. The zero-order valence-corrected chi connectivity index (χ0v) is 15.7. The van der Waals surface area contributed by atoms with E-state index in [4.69, 9.17) is 15.2 Å². The van der Waals surface area contributed by atoms with Crippen LogP contribution in [0.2, 0.25) is 0 Å². The van der Waals surface area contributed by atoms with Gasteiger partial charge in [-0.15, -0.1) is 0 Å². The predicted molar refractivity (Wildman–Crippen MR) is 101 cm³/mol. The van der Waals surface area contributed by atoms with Gasteiger partial charge in [-0.25, -0.2) is 4.39 Å². The third-order valence-corrected chi connectivity index (χ3v) is 5.20. The molecule has 0 fully saturated rings. The Morgan fingerprint density at radius 1 is 1.15 bits per heavy atom. The summed E-state index contributed by atoms with van der Waals surface area (Å²) in [6.45, 7) is 3.75. The highest BCUT2D eigenvalue weighted by atomic mass is 19.1. The van der Waals surface area contributed by atoms with Crippen LogP contribution in [0, 0.1) is 5.82 Å². The third kappa shape index (κ3) is 3.69. The largest absolute Gasteiger partial charge is 0.493 e. The van der Waals surface area contributed by atoms with Crippen LogP contribution in [0.1, 0.15) is 36.1 Å². The minimum absolute atomic E-state index is 0.00704. The van der Waals surface area contributed by atoms with Crippen LogP contribution in [0.3, 0.4) is 0 Å². The summed E-state index contributed by atoms with van der Waals surface area (Å²) in [6, 6.07) is 10.9. The number of hydrogen-bond donors (Lipinski definition) is 1. The molecule has 0 unspecified atom stereocenters. The van der Waals surface area contributed by atoms with Crippen LogP contribution in [0.25, 0.3) is 0 Å². The van der Waals surface area contributed by atoms with Crippen LogP contribution in [0.5, 0.6) is 11.5 Å². The second kappa shape index (κ2) is 8.06. The summed E-state index contributed by atoms with van der Waals surface area (Å²) in [5.74, 6) is 1.27. The van der Waals surface area contributed by atoms with Gasteiger partial charge in [-0.1, -0.05) is 19.1 Å². The molecule has 0 aliphatic carbocycles. The summed E-state index contributed by atoms with van der Waals surface area (Å²) < 4.78 is 24.2. The van der Waals surface area contributed by atoms with E-state index in [2.05, 4.69) is 24.0 Å². The quantitative estimate of drug-likeness (QED) is 0.856. The highest BCUT2D eigenvalue weighted by molar-refractivity contribution is 5.50. The molecule has 0 amide bonds. The Morgan fingerprint density at radius 3 is 2.42 bits per heavy atom. The van der Waals surface area contributed by atoms with Crippen molar-refractivity contribution >= 4 is 0 Å². The monoisotopic (exact) mass is 358 g/mol. The Labute approximate surface area is 154 Å². The second-order valence-electron chi connectivity index (χ2n) is 6.77. The van der Waals surface area contributed by atoms with Crippen LogP contribution < -0.4 is 15.2 Å². The fraction of sp³-hybridized carbons (Fsp3) is 0.429. The van der Waals surface area contributed by atoms with Crippen LogP contribution in [-0.4, -0.2) is 31.7 Å². The lowest BCUT2D eigenvalue weighted by Gasteiger charge is -2.40. The predicted octanol–water partition coefficient (Wildman–Crippen LogP) is 3.68. The Kier molecular flexibility index (Phi) is 5.79. The zero-order valence-electron chi connectivity index (χ0n) is 15.7. The van der Waals surface area contributed by atoms with Gasteiger partial charge >= 0.3 is 0 Å².